The molecule has 1 heterocycles. The highest BCUT2D eigenvalue weighted by Crippen LogP contribution is 2.12. The maximum Gasteiger partial charge on any atom is 0.0700 e. The van der Waals surface area contributed by atoms with Crippen LogP contribution in [0.25, 0.3) is 0 Å². The number of nitrogens with zero attached hydrogens (tertiary/aromatic N) is 1. The first-order valence-electron chi connectivity index (χ1n) is 7.82. The molecule has 114 valence electrons. The molecule has 1 rings (SSSR count). The molecular formula is C15H32N2O2. The van der Waals surface area contributed by atoms with Crippen molar-refractivity contribution >= 4 is 0 Å². The van der Waals surface area contributed by atoms with E-state index in [1.54, 1.807) is 7.11 Å². The third-order valence-corrected chi connectivity index (χ3v) is 3.88. The lowest BCUT2D eigenvalue weighted by Gasteiger charge is -2.29. The lowest BCUT2D eigenvalue weighted by Crippen LogP contribution is -2.40. The first kappa shape index (κ1) is 16.9. The molecule has 0 saturated carbocycles. The zero-order chi connectivity index (χ0) is 13.9. The van der Waals surface area contributed by atoms with Gasteiger partial charge in [-0.05, 0) is 32.7 Å². The molecule has 0 radical (unpaired) electrons. The van der Waals surface area contributed by atoms with E-state index in [0.29, 0.717) is 25.3 Å². The Balaban J connectivity index is 2.20. The molecule has 4 heteroatoms. The first-order valence-corrected chi connectivity index (χ1v) is 7.82. The van der Waals surface area contributed by atoms with Crippen LogP contribution in [-0.2, 0) is 9.47 Å². The van der Waals surface area contributed by atoms with Gasteiger partial charge in [-0.25, -0.2) is 0 Å². The summed E-state index contributed by atoms with van der Waals surface area (Å²) < 4.78 is 10.5. The predicted molar refractivity (Wildman–Crippen MR) is 79.7 cm³/mol. The number of nitrogens with one attached hydrogen (secondary N) is 1. The summed E-state index contributed by atoms with van der Waals surface area (Å²) in [6.45, 7) is 10.4. The molecule has 4 nitrogen and oxygen atoms in total. The molecule has 0 aromatic heterocycles. The molecule has 0 amide bonds. The Bertz CT molecular complexity index is 214. The van der Waals surface area contributed by atoms with Crippen LogP contribution >= 0.6 is 0 Å². The minimum absolute atomic E-state index is 0.671. The Morgan fingerprint density at radius 3 is 2.84 bits per heavy atom. The molecule has 0 aromatic carbocycles. The van der Waals surface area contributed by atoms with Crippen molar-refractivity contribution < 1.29 is 9.47 Å². The summed E-state index contributed by atoms with van der Waals surface area (Å²) in [6.07, 6.45) is 4.92. The fourth-order valence-corrected chi connectivity index (χ4v) is 2.67. The average Bonchev–Trinajstić information content (AvgIpc) is 2.57. The zero-order valence-electron chi connectivity index (χ0n) is 13.0. The minimum atomic E-state index is 0.671. The van der Waals surface area contributed by atoms with Crippen LogP contribution in [0.3, 0.4) is 0 Å². The third kappa shape index (κ3) is 7.25. The van der Waals surface area contributed by atoms with Crippen LogP contribution in [0.1, 0.15) is 39.5 Å². The maximum absolute atomic E-state index is 5.54. The van der Waals surface area contributed by atoms with Crippen LogP contribution in [0.5, 0.6) is 0 Å². The molecule has 1 aliphatic rings. The largest absolute Gasteiger partial charge is 0.382 e. The van der Waals surface area contributed by atoms with Crippen molar-refractivity contribution in [1.82, 2.24) is 10.2 Å². The maximum atomic E-state index is 5.54. The van der Waals surface area contributed by atoms with Crippen molar-refractivity contribution in [2.75, 3.05) is 46.6 Å². The van der Waals surface area contributed by atoms with Gasteiger partial charge in [-0.15, -0.1) is 0 Å². The molecule has 1 aliphatic heterocycles. The van der Waals surface area contributed by atoms with Crippen LogP contribution in [-0.4, -0.2) is 63.5 Å². The third-order valence-electron chi connectivity index (χ3n) is 3.88. The standard InChI is InChI=1S/C15H32N2O2/c1-4-6-15-13-17(14(2)7-8-16-15)9-5-10-19-12-11-18-3/h14-16H,4-13H2,1-3H3. The van der Waals surface area contributed by atoms with Gasteiger partial charge in [0.15, 0.2) is 0 Å². The van der Waals surface area contributed by atoms with E-state index in [2.05, 4.69) is 24.1 Å². The van der Waals surface area contributed by atoms with Crippen LogP contribution in [0, 0.1) is 0 Å². The van der Waals surface area contributed by atoms with Gasteiger partial charge in [0.1, 0.15) is 0 Å². The van der Waals surface area contributed by atoms with E-state index in [-0.39, 0.29) is 0 Å². The van der Waals surface area contributed by atoms with Crippen molar-refractivity contribution in [2.45, 2.75) is 51.6 Å². The van der Waals surface area contributed by atoms with E-state index in [0.717, 1.165) is 26.1 Å². The summed E-state index contributed by atoms with van der Waals surface area (Å²) in [5.41, 5.74) is 0. The van der Waals surface area contributed by atoms with Crippen molar-refractivity contribution in [1.29, 1.82) is 0 Å². The molecule has 0 spiro atoms. The van der Waals surface area contributed by atoms with Gasteiger partial charge in [0.25, 0.3) is 0 Å². The van der Waals surface area contributed by atoms with Gasteiger partial charge in [0, 0.05) is 38.9 Å². The van der Waals surface area contributed by atoms with E-state index < -0.39 is 0 Å². The predicted octanol–water partition coefficient (Wildman–Crippen LogP) is 1.89. The molecule has 2 unspecified atom stereocenters. The van der Waals surface area contributed by atoms with E-state index in [4.69, 9.17) is 9.47 Å². The van der Waals surface area contributed by atoms with Crippen molar-refractivity contribution in [3.8, 4) is 0 Å². The van der Waals surface area contributed by atoms with Gasteiger partial charge < -0.3 is 14.8 Å². The lowest BCUT2D eigenvalue weighted by molar-refractivity contribution is 0.0628. The fourth-order valence-electron chi connectivity index (χ4n) is 2.67. The first-order chi connectivity index (χ1) is 9.27. The van der Waals surface area contributed by atoms with Gasteiger partial charge in [-0.3, -0.25) is 4.90 Å². The lowest BCUT2D eigenvalue weighted by atomic mass is 10.1. The van der Waals surface area contributed by atoms with Gasteiger partial charge in [0.2, 0.25) is 0 Å². The Kier molecular flexibility index (Phi) is 9.43. The molecule has 19 heavy (non-hydrogen) atoms. The van der Waals surface area contributed by atoms with Crippen LogP contribution in [0.15, 0.2) is 0 Å². The summed E-state index contributed by atoms with van der Waals surface area (Å²) in [5, 5.41) is 3.67. The van der Waals surface area contributed by atoms with Crippen LogP contribution in [0.2, 0.25) is 0 Å². The second kappa shape index (κ2) is 10.6. The number of hydrogen-bond acceptors (Lipinski definition) is 4. The van der Waals surface area contributed by atoms with E-state index in [1.807, 2.05) is 0 Å². The summed E-state index contributed by atoms with van der Waals surface area (Å²) >= 11 is 0. The molecular weight excluding hydrogens is 240 g/mol. The summed E-state index contributed by atoms with van der Waals surface area (Å²) in [4.78, 5) is 2.63. The second-order valence-corrected chi connectivity index (χ2v) is 5.53. The van der Waals surface area contributed by atoms with Gasteiger partial charge >= 0.3 is 0 Å². The Morgan fingerprint density at radius 2 is 2.11 bits per heavy atom. The normalized spacial score (nSPS) is 25.4. The number of rotatable bonds is 9. The van der Waals surface area contributed by atoms with Crippen molar-refractivity contribution in [3.05, 3.63) is 0 Å². The quantitative estimate of drug-likeness (QED) is 0.650. The summed E-state index contributed by atoms with van der Waals surface area (Å²) in [5.74, 6) is 0. The van der Waals surface area contributed by atoms with E-state index in [1.165, 1.54) is 25.8 Å². The molecule has 0 aliphatic carbocycles. The zero-order valence-corrected chi connectivity index (χ0v) is 13.0. The molecule has 2 atom stereocenters. The fraction of sp³-hybridized carbons (Fsp3) is 1.00. The minimum Gasteiger partial charge on any atom is -0.382 e. The Morgan fingerprint density at radius 1 is 1.26 bits per heavy atom. The molecule has 1 saturated heterocycles. The Hall–Kier alpha value is -0.160. The number of ether oxygens (including phenoxy) is 2. The smallest absolute Gasteiger partial charge is 0.0700 e. The van der Waals surface area contributed by atoms with Crippen LogP contribution in [0.4, 0.5) is 0 Å². The highest BCUT2D eigenvalue weighted by Gasteiger charge is 2.21. The molecule has 0 aromatic rings. The number of hydrogen-bond donors (Lipinski definition) is 1. The number of methoxy groups -OCH3 is 1. The monoisotopic (exact) mass is 272 g/mol. The second-order valence-electron chi connectivity index (χ2n) is 5.53. The van der Waals surface area contributed by atoms with Crippen molar-refractivity contribution in [3.63, 3.8) is 0 Å². The molecule has 1 N–H and O–H groups in total. The summed E-state index contributed by atoms with van der Waals surface area (Å²) in [7, 11) is 1.71. The molecule has 1 fully saturated rings. The topological polar surface area (TPSA) is 33.7 Å². The highest BCUT2D eigenvalue weighted by molar-refractivity contribution is 4.80. The van der Waals surface area contributed by atoms with Gasteiger partial charge in [-0.1, -0.05) is 13.3 Å². The van der Waals surface area contributed by atoms with E-state index >= 15 is 0 Å². The van der Waals surface area contributed by atoms with Crippen LogP contribution < -0.4 is 5.32 Å². The average molecular weight is 272 g/mol. The molecule has 0 bridgehead atoms. The summed E-state index contributed by atoms with van der Waals surface area (Å²) in [6, 6.07) is 1.36. The SMILES string of the molecule is CCCC1CN(CCCOCCOC)C(C)CCN1. The van der Waals surface area contributed by atoms with Gasteiger partial charge in [0.05, 0.1) is 13.2 Å². The van der Waals surface area contributed by atoms with Crippen molar-refractivity contribution in [2.24, 2.45) is 0 Å². The Labute approximate surface area is 118 Å². The highest BCUT2D eigenvalue weighted by atomic mass is 16.5. The van der Waals surface area contributed by atoms with E-state index in [9.17, 15) is 0 Å². The van der Waals surface area contributed by atoms with Gasteiger partial charge in [-0.2, -0.15) is 0 Å².